The zero-order valence-electron chi connectivity index (χ0n) is 8.48. The van der Waals surface area contributed by atoms with Crippen LogP contribution in [0, 0.1) is 0 Å². The highest BCUT2D eigenvalue weighted by Gasteiger charge is 2.47. The molecule has 0 aliphatic carbocycles. The summed E-state index contributed by atoms with van der Waals surface area (Å²) in [5, 5.41) is 9.49. The fourth-order valence-corrected chi connectivity index (χ4v) is 1.83. The van der Waals surface area contributed by atoms with E-state index in [1.54, 1.807) is 0 Å². The van der Waals surface area contributed by atoms with E-state index in [-0.39, 0.29) is 6.42 Å². The fraction of sp³-hybridized carbons (Fsp3) is 1.00. The lowest BCUT2D eigenvalue weighted by atomic mass is 10.2. The van der Waals surface area contributed by atoms with Crippen LogP contribution in [0.5, 0.6) is 0 Å². The van der Waals surface area contributed by atoms with Gasteiger partial charge in [-0.15, -0.1) is 9.79 Å². The number of hydrogen-bond donors (Lipinski definition) is 4. The third kappa shape index (κ3) is 8.15. The maximum Gasteiger partial charge on any atom is 0.700 e. The molecule has 0 rings (SSSR count). The van der Waals surface area contributed by atoms with Crippen LogP contribution in [0.3, 0.4) is 0 Å². The van der Waals surface area contributed by atoms with E-state index in [9.17, 15) is 14.2 Å². The van der Waals surface area contributed by atoms with E-state index in [0.29, 0.717) is 25.8 Å². The first-order valence-electron chi connectivity index (χ1n) is 4.52. The molecule has 0 heterocycles. The van der Waals surface area contributed by atoms with Gasteiger partial charge in [-0.05, 0) is 28.4 Å². The van der Waals surface area contributed by atoms with Gasteiger partial charge in [-0.25, -0.2) is 0 Å². The Morgan fingerprint density at radius 1 is 1.06 bits per heavy atom. The van der Waals surface area contributed by atoms with E-state index in [1.807, 2.05) is 0 Å². The van der Waals surface area contributed by atoms with Crippen molar-refractivity contribution in [2.75, 3.05) is 6.54 Å². The first-order chi connectivity index (χ1) is 7.39. The van der Waals surface area contributed by atoms with Crippen molar-refractivity contribution in [1.29, 1.82) is 0 Å². The van der Waals surface area contributed by atoms with Crippen LogP contribution in [0.25, 0.3) is 0 Å². The van der Waals surface area contributed by atoms with Crippen molar-refractivity contribution < 1.29 is 33.1 Å². The molecule has 10 heteroatoms. The second-order valence-corrected chi connectivity index (χ2v) is 4.29. The molecule has 2 unspecified atom stereocenters. The normalized spacial score (nSPS) is 16.8. The summed E-state index contributed by atoms with van der Waals surface area (Å²) < 4.78 is 29.1. The molecule has 0 saturated heterocycles. The standard InChI is InChI=1S/C6H13NO7P2/c7-5-3-1-2-4-6(8,13-15(9)10)14-16(11)12/h8H,1-5,7H2/p+2. The van der Waals surface area contributed by atoms with Gasteiger partial charge in [0, 0.05) is 15.6 Å². The Balaban J connectivity index is 4.18. The van der Waals surface area contributed by atoms with Gasteiger partial charge < -0.3 is 10.8 Å². The molecule has 0 aromatic heterocycles. The molecule has 0 aromatic rings. The third-order valence-electron chi connectivity index (χ3n) is 1.64. The highest BCUT2D eigenvalue weighted by atomic mass is 31.1. The lowest BCUT2D eigenvalue weighted by Gasteiger charge is -2.13. The summed E-state index contributed by atoms with van der Waals surface area (Å²) in [6, 6.07) is 0. The van der Waals surface area contributed by atoms with Crippen molar-refractivity contribution in [3.63, 3.8) is 0 Å². The summed E-state index contributed by atoms with van der Waals surface area (Å²) >= 11 is 0. The molecule has 0 aliphatic heterocycles. The van der Waals surface area contributed by atoms with Crippen LogP contribution in [0.15, 0.2) is 0 Å². The maximum absolute atomic E-state index is 10.4. The maximum atomic E-state index is 10.4. The van der Waals surface area contributed by atoms with Crippen molar-refractivity contribution >= 4 is 16.5 Å². The molecule has 8 nitrogen and oxygen atoms in total. The van der Waals surface area contributed by atoms with E-state index in [2.05, 4.69) is 9.05 Å². The monoisotopic (exact) mass is 275 g/mol. The van der Waals surface area contributed by atoms with Crippen molar-refractivity contribution in [1.82, 2.24) is 0 Å². The van der Waals surface area contributed by atoms with Gasteiger partial charge in [0.05, 0.1) is 0 Å². The minimum atomic E-state index is -3.13. The van der Waals surface area contributed by atoms with E-state index in [0.717, 1.165) is 0 Å². The third-order valence-corrected chi connectivity index (χ3v) is 2.52. The second-order valence-electron chi connectivity index (χ2n) is 2.97. The predicted octanol–water partition coefficient (Wildman–Crippen LogP) is 0.484. The van der Waals surface area contributed by atoms with Gasteiger partial charge in [0.1, 0.15) is 0 Å². The average molecular weight is 275 g/mol. The van der Waals surface area contributed by atoms with Crippen molar-refractivity contribution in [3.8, 4) is 0 Å². The number of aliphatic hydroxyl groups is 1. The number of rotatable bonds is 9. The minimum Gasteiger partial charge on any atom is -0.337 e. The number of hydrogen-bond acceptors (Lipinski definition) is 6. The lowest BCUT2D eigenvalue weighted by molar-refractivity contribution is -0.277. The summed E-state index contributed by atoms with van der Waals surface area (Å²) in [5.74, 6) is -2.51. The molecule has 0 amide bonds. The summed E-state index contributed by atoms with van der Waals surface area (Å²) in [6.07, 6.45) is 1.51. The van der Waals surface area contributed by atoms with Crippen molar-refractivity contribution in [2.45, 2.75) is 31.7 Å². The topological polar surface area (TPSA) is 139 Å². The molecule has 16 heavy (non-hydrogen) atoms. The Kier molecular flexibility index (Phi) is 8.09. The predicted molar refractivity (Wildman–Crippen MR) is 54.3 cm³/mol. The molecule has 0 bridgehead atoms. The molecule has 0 radical (unpaired) electrons. The van der Waals surface area contributed by atoms with Crippen LogP contribution in [-0.2, 0) is 18.2 Å². The smallest absolute Gasteiger partial charge is 0.337 e. The van der Waals surface area contributed by atoms with Crippen LogP contribution in [0.4, 0.5) is 0 Å². The summed E-state index contributed by atoms with van der Waals surface area (Å²) in [7, 11) is -6.27. The highest BCUT2D eigenvalue weighted by Crippen LogP contribution is 2.35. The molecule has 0 aromatic carbocycles. The minimum absolute atomic E-state index is 0.198. The zero-order chi connectivity index (χ0) is 12.6. The average Bonchev–Trinajstić information content (AvgIpc) is 2.09. The largest absolute Gasteiger partial charge is 0.700 e. The molecule has 5 N–H and O–H groups in total. The highest BCUT2D eigenvalue weighted by molar-refractivity contribution is 7.33. The van der Waals surface area contributed by atoms with Crippen LogP contribution < -0.4 is 5.73 Å². The van der Waals surface area contributed by atoms with Gasteiger partial charge in [0.15, 0.2) is 0 Å². The number of unbranched alkanes of at least 4 members (excludes halogenated alkanes) is 2. The van der Waals surface area contributed by atoms with Crippen LogP contribution in [0.1, 0.15) is 25.7 Å². The number of nitrogens with two attached hydrogens (primary N) is 1. The Morgan fingerprint density at radius 3 is 1.94 bits per heavy atom. The van der Waals surface area contributed by atoms with E-state index < -0.39 is 22.5 Å². The Bertz CT molecular complexity index is 233. The molecule has 94 valence electrons. The van der Waals surface area contributed by atoms with E-state index in [4.69, 9.17) is 15.5 Å². The van der Waals surface area contributed by atoms with Gasteiger partial charge in [-0.2, -0.15) is 0 Å². The summed E-state index contributed by atoms with van der Waals surface area (Å²) in [4.78, 5) is 16.9. The fourth-order valence-electron chi connectivity index (χ4n) is 1.02. The lowest BCUT2D eigenvalue weighted by Crippen LogP contribution is -2.31. The SMILES string of the molecule is NCCCCCC(O)(O[P+](=O)O)O[P+](=O)O. The van der Waals surface area contributed by atoms with Gasteiger partial charge in [-0.3, -0.25) is 0 Å². The van der Waals surface area contributed by atoms with Crippen LogP contribution >= 0.6 is 16.5 Å². The van der Waals surface area contributed by atoms with Gasteiger partial charge in [0.2, 0.25) is 0 Å². The Morgan fingerprint density at radius 2 is 1.56 bits per heavy atom. The quantitative estimate of drug-likeness (QED) is 0.270. The molecule has 0 spiro atoms. The summed E-state index contributed by atoms with van der Waals surface area (Å²) in [6.45, 7) is 0.475. The van der Waals surface area contributed by atoms with Gasteiger partial charge in [0.25, 0.3) is 0 Å². The molecule has 0 saturated carbocycles. The zero-order valence-corrected chi connectivity index (χ0v) is 10.3. The van der Waals surface area contributed by atoms with Gasteiger partial charge in [-0.1, -0.05) is 6.42 Å². The molecule has 0 fully saturated rings. The Hall–Kier alpha value is -0.0400. The first-order valence-corrected chi connectivity index (χ1v) is 6.78. The van der Waals surface area contributed by atoms with Crippen molar-refractivity contribution in [2.24, 2.45) is 5.73 Å². The van der Waals surface area contributed by atoms with E-state index in [1.165, 1.54) is 0 Å². The first kappa shape index (κ1) is 16.0. The van der Waals surface area contributed by atoms with E-state index >= 15 is 0 Å². The Labute approximate surface area is 94.3 Å². The summed E-state index contributed by atoms with van der Waals surface area (Å²) in [5.41, 5.74) is 5.24. The second kappa shape index (κ2) is 8.11. The van der Waals surface area contributed by atoms with Crippen LogP contribution in [0.2, 0.25) is 0 Å². The van der Waals surface area contributed by atoms with Crippen molar-refractivity contribution in [3.05, 3.63) is 0 Å². The molecule has 0 aliphatic rings. The molecular weight excluding hydrogens is 260 g/mol. The molecule has 2 atom stereocenters. The van der Waals surface area contributed by atoms with Gasteiger partial charge >= 0.3 is 22.5 Å². The van der Waals surface area contributed by atoms with Crippen LogP contribution in [-0.4, -0.2) is 27.4 Å². The molecular formula is C6H15NO7P2+2.